The summed E-state index contributed by atoms with van der Waals surface area (Å²) < 4.78 is 5.24. The van der Waals surface area contributed by atoms with E-state index in [1.54, 1.807) is 19.4 Å². The summed E-state index contributed by atoms with van der Waals surface area (Å²) in [6, 6.07) is 19.7. The van der Waals surface area contributed by atoms with E-state index in [9.17, 15) is 4.79 Å². The first kappa shape index (κ1) is 19.4. The molecular formula is C23H25N3O2. The Labute approximate surface area is 165 Å². The average molecular weight is 375 g/mol. The van der Waals surface area contributed by atoms with Gasteiger partial charge < -0.3 is 15.4 Å². The van der Waals surface area contributed by atoms with Crippen LogP contribution in [0.25, 0.3) is 0 Å². The van der Waals surface area contributed by atoms with Crippen molar-refractivity contribution in [2.24, 2.45) is 0 Å². The maximum atomic E-state index is 12.2. The second kappa shape index (κ2) is 9.55. The fourth-order valence-electron chi connectivity index (χ4n) is 2.83. The van der Waals surface area contributed by atoms with Crippen molar-refractivity contribution in [2.45, 2.75) is 19.8 Å². The number of nitrogens with one attached hydrogen (secondary N) is 2. The van der Waals surface area contributed by atoms with Crippen LogP contribution in [0, 0.1) is 6.92 Å². The minimum Gasteiger partial charge on any atom is -0.497 e. The second-order valence-electron chi connectivity index (χ2n) is 6.67. The number of rotatable bonds is 8. The molecule has 0 unspecified atom stereocenters. The largest absolute Gasteiger partial charge is 0.497 e. The third-order valence-corrected chi connectivity index (χ3v) is 4.39. The molecule has 0 aliphatic carbocycles. The Bertz CT molecular complexity index is 906. The number of nitrogens with zero attached hydrogens (tertiary/aromatic N) is 1. The van der Waals surface area contributed by atoms with E-state index in [1.165, 1.54) is 11.1 Å². The number of anilines is 2. The number of hydrogen-bond donors (Lipinski definition) is 2. The summed E-state index contributed by atoms with van der Waals surface area (Å²) in [5, 5.41) is 6.18. The molecule has 5 heteroatoms. The highest BCUT2D eigenvalue weighted by molar-refractivity contribution is 5.91. The Morgan fingerprint density at radius 3 is 2.57 bits per heavy atom. The van der Waals surface area contributed by atoms with Gasteiger partial charge in [-0.15, -0.1) is 0 Å². The summed E-state index contributed by atoms with van der Waals surface area (Å²) in [4.78, 5) is 16.5. The third kappa shape index (κ3) is 5.84. The second-order valence-corrected chi connectivity index (χ2v) is 6.67. The van der Waals surface area contributed by atoms with Crippen molar-refractivity contribution in [3.05, 3.63) is 83.6 Å². The highest BCUT2D eigenvalue weighted by Gasteiger charge is 2.05. The van der Waals surface area contributed by atoms with Crippen LogP contribution in [0.2, 0.25) is 0 Å². The van der Waals surface area contributed by atoms with Crippen LogP contribution >= 0.6 is 0 Å². The van der Waals surface area contributed by atoms with Crippen molar-refractivity contribution in [2.75, 3.05) is 24.3 Å². The van der Waals surface area contributed by atoms with Crippen molar-refractivity contribution in [3.63, 3.8) is 0 Å². The zero-order valence-electron chi connectivity index (χ0n) is 16.2. The predicted octanol–water partition coefficient (Wildman–Crippen LogP) is 4.23. The lowest BCUT2D eigenvalue weighted by atomic mass is 10.1. The van der Waals surface area contributed by atoms with Crippen molar-refractivity contribution in [3.8, 4) is 5.75 Å². The summed E-state index contributed by atoms with van der Waals surface area (Å²) in [6.45, 7) is 2.81. The number of hydrogen-bond acceptors (Lipinski definition) is 4. The number of carbonyl (C=O) groups is 1. The molecule has 0 atom stereocenters. The minimum absolute atomic E-state index is 0.0740. The Hall–Kier alpha value is -3.34. The summed E-state index contributed by atoms with van der Waals surface area (Å²) in [6.07, 6.45) is 2.95. The number of ether oxygens (including phenoxy) is 1. The first-order chi connectivity index (χ1) is 13.6. The maximum absolute atomic E-state index is 12.2. The van der Waals surface area contributed by atoms with Crippen LogP contribution in [0.1, 0.15) is 16.7 Å². The van der Waals surface area contributed by atoms with E-state index < -0.39 is 0 Å². The van der Waals surface area contributed by atoms with Crippen LogP contribution < -0.4 is 15.4 Å². The molecule has 2 N–H and O–H groups in total. The van der Waals surface area contributed by atoms with Gasteiger partial charge in [-0.25, -0.2) is 4.98 Å². The van der Waals surface area contributed by atoms with Gasteiger partial charge >= 0.3 is 0 Å². The van der Waals surface area contributed by atoms with Crippen LogP contribution in [0.3, 0.4) is 0 Å². The fraction of sp³-hybridized carbons (Fsp3) is 0.217. The number of aromatic nitrogens is 1. The van der Waals surface area contributed by atoms with Crippen molar-refractivity contribution in [1.82, 2.24) is 4.98 Å². The van der Waals surface area contributed by atoms with Crippen LogP contribution in [-0.4, -0.2) is 24.5 Å². The van der Waals surface area contributed by atoms with Gasteiger partial charge in [0.1, 0.15) is 11.6 Å². The van der Waals surface area contributed by atoms with Crippen molar-refractivity contribution < 1.29 is 9.53 Å². The molecular weight excluding hydrogens is 350 g/mol. The smallest absolute Gasteiger partial charge is 0.229 e. The molecule has 1 amide bonds. The highest BCUT2D eigenvalue weighted by Crippen LogP contribution is 2.14. The van der Waals surface area contributed by atoms with E-state index in [4.69, 9.17) is 4.74 Å². The van der Waals surface area contributed by atoms with E-state index in [0.29, 0.717) is 12.2 Å². The molecule has 144 valence electrons. The van der Waals surface area contributed by atoms with Gasteiger partial charge in [-0.1, -0.05) is 42.0 Å². The quantitative estimate of drug-likeness (QED) is 0.618. The highest BCUT2D eigenvalue weighted by atomic mass is 16.5. The Morgan fingerprint density at radius 1 is 1.04 bits per heavy atom. The van der Waals surface area contributed by atoms with Crippen LogP contribution in [0.5, 0.6) is 5.75 Å². The van der Waals surface area contributed by atoms with Crippen LogP contribution in [0.15, 0.2) is 66.9 Å². The first-order valence-corrected chi connectivity index (χ1v) is 9.30. The molecule has 28 heavy (non-hydrogen) atoms. The normalized spacial score (nSPS) is 10.4. The van der Waals surface area contributed by atoms with Crippen molar-refractivity contribution >= 4 is 17.4 Å². The molecule has 0 spiro atoms. The Balaban J connectivity index is 1.46. The number of pyridine rings is 1. The molecule has 0 saturated carbocycles. The standard InChI is InChI=1S/C23H25N3O2/c1-17-6-8-19(9-7-17)15-23(27)26-22-11-10-20(16-25-22)24-13-12-18-4-3-5-21(14-18)28-2/h3-11,14,16,24H,12-13,15H2,1-2H3,(H,25,26,27). The summed E-state index contributed by atoms with van der Waals surface area (Å²) >= 11 is 0. The Kier molecular flexibility index (Phi) is 6.63. The van der Waals surface area contributed by atoms with Crippen LogP contribution in [0.4, 0.5) is 11.5 Å². The molecule has 0 fully saturated rings. The van der Waals surface area contributed by atoms with Crippen molar-refractivity contribution in [1.29, 1.82) is 0 Å². The molecule has 0 aliphatic heterocycles. The Morgan fingerprint density at radius 2 is 1.86 bits per heavy atom. The first-order valence-electron chi connectivity index (χ1n) is 9.30. The van der Waals surface area contributed by atoms with E-state index in [2.05, 4.69) is 21.7 Å². The van der Waals surface area contributed by atoms with E-state index in [-0.39, 0.29) is 5.91 Å². The molecule has 0 radical (unpaired) electrons. The SMILES string of the molecule is COc1cccc(CCNc2ccc(NC(=O)Cc3ccc(C)cc3)nc2)c1. The lowest BCUT2D eigenvalue weighted by Gasteiger charge is -2.09. The van der Waals surface area contributed by atoms with Gasteiger partial charge in [-0.3, -0.25) is 4.79 Å². The number of amides is 1. The molecule has 3 rings (SSSR count). The molecule has 2 aromatic carbocycles. The van der Waals surface area contributed by atoms with Gasteiger partial charge in [-0.2, -0.15) is 0 Å². The minimum atomic E-state index is -0.0740. The zero-order chi connectivity index (χ0) is 19.8. The third-order valence-electron chi connectivity index (χ3n) is 4.39. The molecule has 0 aliphatic rings. The number of benzene rings is 2. The molecule has 1 heterocycles. The molecule has 5 nitrogen and oxygen atoms in total. The van der Waals surface area contributed by atoms with Gasteiger partial charge in [0.15, 0.2) is 0 Å². The van der Waals surface area contributed by atoms with Gasteiger partial charge in [0.2, 0.25) is 5.91 Å². The predicted molar refractivity (Wildman–Crippen MR) is 113 cm³/mol. The lowest BCUT2D eigenvalue weighted by molar-refractivity contribution is -0.115. The number of aryl methyl sites for hydroxylation is 1. The molecule has 0 saturated heterocycles. The maximum Gasteiger partial charge on any atom is 0.229 e. The number of methoxy groups -OCH3 is 1. The summed E-state index contributed by atoms with van der Waals surface area (Å²) in [7, 11) is 1.67. The summed E-state index contributed by atoms with van der Waals surface area (Å²) in [5.41, 5.74) is 4.29. The van der Waals surface area contributed by atoms with Gasteiger partial charge in [-0.05, 0) is 48.7 Å². The molecule has 0 bridgehead atoms. The summed E-state index contributed by atoms with van der Waals surface area (Å²) in [5.74, 6) is 1.34. The topological polar surface area (TPSA) is 63.2 Å². The fourth-order valence-corrected chi connectivity index (χ4v) is 2.83. The van der Waals surface area contributed by atoms with E-state index >= 15 is 0 Å². The number of carbonyl (C=O) groups excluding carboxylic acids is 1. The monoisotopic (exact) mass is 375 g/mol. The molecule has 3 aromatic rings. The van der Waals surface area contributed by atoms with E-state index in [1.807, 2.05) is 55.5 Å². The van der Waals surface area contributed by atoms with Gasteiger partial charge in [0.25, 0.3) is 0 Å². The van der Waals surface area contributed by atoms with Crippen LogP contribution in [-0.2, 0) is 17.6 Å². The van der Waals surface area contributed by atoms with E-state index in [0.717, 1.165) is 30.0 Å². The molecule has 1 aromatic heterocycles. The van der Waals surface area contributed by atoms with Gasteiger partial charge in [0, 0.05) is 6.54 Å². The average Bonchev–Trinajstić information content (AvgIpc) is 2.71. The lowest BCUT2D eigenvalue weighted by Crippen LogP contribution is -2.15. The van der Waals surface area contributed by atoms with Gasteiger partial charge in [0.05, 0.1) is 25.4 Å². The zero-order valence-corrected chi connectivity index (χ0v) is 16.2.